The normalized spacial score (nSPS) is 14.0. The molecule has 0 saturated carbocycles. The molecule has 1 aromatic heterocycles. The first-order chi connectivity index (χ1) is 10.3. The Bertz CT molecular complexity index is 581. The van der Waals surface area contributed by atoms with Gasteiger partial charge in [0.15, 0.2) is 0 Å². The fourth-order valence-corrected chi connectivity index (χ4v) is 3.39. The molecule has 0 radical (unpaired) electrons. The largest absolute Gasteiger partial charge is 0.461 e. The summed E-state index contributed by atoms with van der Waals surface area (Å²) in [5.41, 5.74) is 4.12. The summed E-state index contributed by atoms with van der Waals surface area (Å²) in [4.78, 5) is 12.2. The van der Waals surface area contributed by atoms with Crippen LogP contribution in [0.15, 0.2) is 12.1 Å². The van der Waals surface area contributed by atoms with Gasteiger partial charge < -0.3 is 14.0 Å². The van der Waals surface area contributed by atoms with Crippen LogP contribution in [-0.4, -0.2) is 31.8 Å². The Kier molecular flexibility index (Phi) is 5.29. The molecule has 0 aliphatic heterocycles. The van der Waals surface area contributed by atoms with Crippen LogP contribution >= 0.6 is 0 Å². The second-order valence-corrected chi connectivity index (χ2v) is 12.6. The molecule has 0 N–H and O–H groups in total. The van der Waals surface area contributed by atoms with Gasteiger partial charge in [-0.25, -0.2) is 4.79 Å². The lowest BCUT2D eigenvalue weighted by molar-refractivity contribution is 0.0472. The molecule has 1 aliphatic rings. The maximum Gasteiger partial charge on any atom is 0.355 e. The third-order valence-corrected chi connectivity index (χ3v) is 5.58. The molecule has 4 nitrogen and oxygen atoms in total. The zero-order valence-corrected chi connectivity index (χ0v) is 15.4. The highest BCUT2D eigenvalue weighted by Gasteiger charge is 2.24. The minimum Gasteiger partial charge on any atom is -0.461 e. The lowest BCUT2D eigenvalue weighted by atomic mass is 10.2. The number of nitrogens with zero attached hydrogens (tertiary/aromatic N) is 1. The molecule has 2 rings (SSSR count). The van der Waals surface area contributed by atoms with Gasteiger partial charge >= 0.3 is 5.97 Å². The number of aromatic nitrogens is 1. The highest BCUT2D eigenvalue weighted by molar-refractivity contribution is 6.76. The molecule has 1 aromatic rings. The van der Waals surface area contributed by atoms with Crippen molar-refractivity contribution in [2.24, 2.45) is 0 Å². The van der Waals surface area contributed by atoms with Crippen molar-refractivity contribution in [2.75, 3.05) is 13.2 Å². The lowest BCUT2D eigenvalue weighted by Crippen LogP contribution is -2.22. The number of carbonyl (C=O) groups excluding carboxylic acids is 1. The van der Waals surface area contributed by atoms with E-state index in [1.807, 2.05) is 17.6 Å². The summed E-state index contributed by atoms with van der Waals surface area (Å²) in [6.07, 6.45) is 3.08. The summed E-state index contributed by atoms with van der Waals surface area (Å²) in [7, 11) is -1.10. The number of esters is 1. The highest BCUT2D eigenvalue weighted by Crippen LogP contribution is 2.30. The maximum atomic E-state index is 12.2. The predicted octanol–water partition coefficient (Wildman–Crippen LogP) is 3.94. The van der Waals surface area contributed by atoms with E-state index in [1.165, 1.54) is 11.1 Å². The number of rotatable bonds is 7. The monoisotopic (exact) mass is 321 g/mol. The number of ether oxygens (including phenoxy) is 2. The molecular formula is C17H27NO3Si. The van der Waals surface area contributed by atoms with Crippen LogP contribution in [0.25, 0.3) is 5.57 Å². The van der Waals surface area contributed by atoms with E-state index in [0.29, 0.717) is 19.0 Å². The van der Waals surface area contributed by atoms with Gasteiger partial charge in [0.1, 0.15) is 12.4 Å². The summed E-state index contributed by atoms with van der Waals surface area (Å²) in [5.74, 6) is -0.265. The van der Waals surface area contributed by atoms with E-state index in [9.17, 15) is 4.79 Å². The van der Waals surface area contributed by atoms with E-state index in [-0.39, 0.29) is 5.97 Å². The van der Waals surface area contributed by atoms with Crippen molar-refractivity contribution >= 4 is 19.6 Å². The molecule has 0 atom stereocenters. The molecule has 0 unspecified atom stereocenters. The van der Waals surface area contributed by atoms with Gasteiger partial charge in [0.05, 0.1) is 6.61 Å². The number of hydrogen-bond acceptors (Lipinski definition) is 3. The minimum atomic E-state index is -1.10. The van der Waals surface area contributed by atoms with Gasteiger partial charge in [-0.15, -0.1) is 0 Å². The van der Waals surface area contributed by atoms with Gasteiger partial charge in [-0.2, -0.15) is 0 Å². The second-order valence-electron chi connectivity index (χ2n) is 6.99. The third kappa shape index (κ3) is 3.90. The molecule has 1 aliphatic carbocycles. The van der Waals surface area contributed by atoms with Crippen molar-refractivity contribution in [1.29, 1.82) is 0 Å². The van der Waals surface area contributed by atoms with E-state index in [4.69, 9.17) is 9.47 Å². The van der Waals surface area contributed by atoms with Gasteiger partial charge in [-0.3, -0.25) is 0 Å². The first-order valence-corrected chi connectivity index (χ1v) is 11.7. The summed E-state index contributed by atoms with van der Waals surface area (Å²) >= 11 is 0. The van der Waals surface area contributed by atoms with Crippen LogP contribution in [0.5, 0.6) is 0 Å². The summed E-state index contributed by atoms with van der Waals surface area (Å²) < 4.78 is 13.0. The molecule has 0 fully saturated rings. The van der Waals surface area contributed by atoms with E-state index in [0.717, 1.165) is 24.8 Å². The van der Waals surface area contributed by atoms with Crippen LogP contribution in [0, 0.1) is 0 Å². The molecule has 22 heavy (non-hydrogen) atoms. The summed E-state index contributed by atoms with van der Waals surface area (Å²) in [6, 6.07) is 3.07. The van der Waals surface area contributed by atoms with Crippen LogP contribution in [0.1, 0.15) is 35.6 Å². The molecule has 5 heteroatoms. The number of allylic oxidation sites excluding steroid dienone is 2. The lowest BCUT2D eigenvalue weighted by Gasteiger charge is -2.17. The Hall–Kier alpha value is -1.33. The standard InChI is InChI=1S/C17H27NO3Si/c1-6-21-17(19)15-11-14-8-7-13(2)16(14)18(15)12-20-9-10-22(3,4)5/h7,11H,6,8-10,12H2,1-5H3. The Labute approximate surface area is 134 Å². The Morgan fingerprint density at radius 2 is 2.09 bits per heavy atom. The zero-order valence-electron chi connectivity index (χ0n) is 14.4. The molecule has 0 amide bonds. The van der Waals surface area contributed by atoms with Gasteiger partial charge in [0, 0.05) is 20.4 Å². The summed E-state index contributed by atoms with van der Waals surface area (Å²) in [5, 5.41) is 0. The minimum absolute atomic E-state index is 0.265. The Morgan fingerprint density at radius 3 is 2.73 bits per heavy atom. The van der Waals surface area contributed by atoms with Crippen molar-refractivity contribution in [2.45, 2.75) is 52.7 Å². The van der Waals surface area contributed by atoms with Gasteiger partial charge in [-0.1, -0.05) is 25.7 Å². The maximum absolute atomic E-state index is 12.2. The molecule has 0 saturated heterocycles. The van der Waals surface area contributed by atoms with Crippen LogP contribution in [0.3, 0.4) is 0 Å². The van der Waals surface area contributed by atoms with Crippen molar-refractivity contribution < 1.29 is 14.3 Å². The number of hydrogen-bond donors (Lipinski definition) is 0. The van der Waals surface area contributed by atoms with Crippen LogP contribution in [-0.2, 0) is 22.6 Å². The van der Waals surface area contributed by atoms with E-state index in [2.05, 4.69) is 32.6 Å². The Balaban J connectivity index is 2.14. The first-order valence-electron chi connectivity index (χ1n) is 7.98. The van der Waals surface area contributed by atoms with Crippen LogP contribution in [0.2, 0.25) is 25.7 Å². The molecule has 122 valence electrons. The summed E-state index contributed by atoms with van der Waals surface area (Å²) in [6.45, 7) is 12.5. The van der Waals surface area contributed by atoms with E-state index in [1.54, 1.807) is 0 Å². The van der Waals surface area contributed by atoms with Gasteiger partial charge in [0.25, 0.3) is 0 Å². The molecule has 0 spiro atoms. The topological polar surface area (TPSA) is 40.5 Å². The number of fused-ring (bicyclic) bond motifs is 1. The van der Waals surface area contributed by atoms with Crippen LogP contribution < -0.4 is 0 Å². The second kappa shape index (κ2) is 6.83. The van der Waals surface area contributed by atoms with Crippen molar-refractivity contribution in [3.8, 4) is 0 Å². The fraction of sp³-hybridized carbons (Fsp3) is 0.588. The predicted molar refractivity (Wildman–Crippen MR) is 91.8 cm³/mol. The van der Waals surface area contributed by atoms with Gasteiger partial charge in [-0.05, 0) is 43.5 Å². The molecule has 1 heterocycles. The Morgan fingerprint density at radius 1 is 1.36 bits per heavy atom. The average molecular weight is 321 g/mol. The van der Waals surface area contributed by atoms with Crippen LogP contribution in [0.4, 0.5) is 0 Å². The molecular weight excluding hydrogens is 294 g/mol. The average Bonchev–Trinajstić information content (AvgIpc) is 2.95. The molecule has 0 aromatic carbocycles. The van der Waals surface area contributed by atoms with E-state index >= 15 is 0 Å². The fourth-order valence-electron chi connectivity index (χ4n) is 2.63. The van der Waals surface area contributed by atoms with E-state index < -0.39 is 8.07 Å². The van der Waals surface area contributed by atoms with Gasteiger partial charge in [0.2, 0.25) is 0 Å². The van der Waals surface area contributed by atoms with Crippen molar-refractivity contribution in [3.05, 3.63) is 29.1 Å². The highest BCUT2D eigenvalue weighted by atomic mass is 28.3. The first kappa shape index (κ1) is 17.0. The molecule has 0 bridgehead atoms. The third-order valence-electron chi connectivity index (χ3n) is 3.88. The zero-order chi connectivity index (χ0) is 16.3. The number of carbonyl (C=O) groups is 1. The smallest absolute Gasteiger partial charge is 0.355 e. The quantitative estimate of drug-likeness (QED) is 0.434. The van der Waals surface area contributed by atoms with Crippen molar-refractivity contribution in [1.82, 2.24) is 4.57 Å². The SMILES string of the molecule is CCOC(=O)c1cc2c(n1COCC[Si](C)(C)C)C(C)=CC2. The van der Waals surface area contributed by atoms with Crippen molar-refractivity contribution in [3.63, 3.8) is 0 Å².